The number of carboxylic acids is 1. The van der Waals surface area contributed by atoms with Gasteiger partial charge in [-0.2, -0.15) is 0 Å². The molecule has 0 saturated heterocycles. The molecule has 0 unspecified atom stereocenters. The maximum Gasteiger partial charge on any atom is 0.305 e. The SMILES string of the molecule is CCCCNCc1ccc(F)c(N(CC)CCC(=O)O)c1. The van der Waals surface area contributed by atoms with Crippen LogP contribution in [0, 0.1) is 5.82 Å². The molecule has 0 aliphatic heterocycles. The van der Waals surface area contributed by atoms with Crippen LogP contribution in [0.5, 0.6) is 0 Å². The first-order valence-electron chi connectivity index (χ1n) is 7.54. The molecular formula is C16H25FN2O2. The average Bonchev–Trinajstić information content (AvgIpc) is 2.46. The Bertz CT molecular complexity index is 452. The maximum absolute atomic E-state index is 14.0. The molecule has 0 amide bonds. The van der Waals surface area contributed by atoms with Gasteiger partial charge in [0, 0.05) is 19.6 Å². The van der Waals surface area contributed by atoms with Crippen LogP contribution in [-0.4, -0.2) is 30.7 Å². The number of aliphatic carboxylic acids is 1. The van der Waals surface area contributed by atoms with Gasteiger partial charge in [0.15, 0.2) is 0 Å². The molecular weight excluding hydrogens is 271 g/mol. The van der Waals surface area contributed by atoms with Crippen LogP contribution in [0.2, 0.25) is 0 Å². The van der Waals surface area contributed by atoms with Gasteiger partial charge in [-0.1, -0.05) is 19.4 Å². The highest BCUT2D eigenvalue weighted by atomic mass is 19.1. The molecule has 21 heavy (non-hydrogen) atoms. The number of hydrogen-bond acceptors (Lipinski definition) is 3. The Morgan fingerprint density at radius 3 is 2.76 bits per heavy atom. The van der Waals surface area contributed by atoms with Crippen LogP contribution in [0.1, 0.15) is 38.7 Å². The van der Waals surface area contributed by atoms with E-state index in [-0.39, 0.29) is 12.2 Å². The van der Waals surface area contributed by atoms with Gasteiger partial charge >= 0.3 is 5.97 Å². The van der Waals surface area contributed by atoms with Crippen molar-refractivity contribution >= 4 is 11.7 Å². The Morgan fingerprint density at radius 1 is 1.38 bits per heavy atom. The third kappa shape index (κ3) is 6.12. The predicted molar refractivity (Wildman–Crippen MR) is 83.2 cm³/mol. The molecule has 0 fully saturated rings. The van der Waals surface area contributed by atoms with Gasteiger partial charge in [0.1, 0.15) is 5.82 Å². The Labute approximate surface area is 126 Å². The lowest BCUT2D eigenvalue weighted by Crippen LogP contribution is -2.27. The molecule has 2 N–H and O–H groups in total. The maximum atomic E-state index is 14.0. The first kappa shape index (κ1) is 17.4. The second-order valence-corrected chi connectivity index (χ2v) is 5.04. The Kier molecular flexibility index (Phi) is 7.75. The van der Waals surface area contributed by atoms with Crippen molar-refractivity contribution in [2.75, 3.05) is 24.5 Å². The van der Waals surface area contributed by atoms with E-state index < -0.39 is 5.97 Å². The minimum Gasteiger partial charge on any atom is -0.481 e. The molecule has 0 aromatic heterocycles. The average molecular weight is 296 g/mol. The van der Waals surface area contributed by atoms with Crippen LogP contribution in [0.25, 0.3) is 0 Å². The van der Waals surface area contributed by atoms with Crippen molar-refractivity contribution in [1.29, 1.82) is 0 Å². The number of carboxylic acid groups (broad SMARTS) is 1. The van der Waals surface area contributed by atoms with E-state index in [1.807, 2.05) is 6.92 Å². The lowest BCUT2D eigenvalue weighted by Gasteiger charge is -2.23. The molecule has 0 radical (unpaired) electrons. The van der Waals surface area contributed by atoms with E-state index in [0.717, 1.165) is 24.9 Å². The van der Waals surface area contributed by atoms with E-state index in [0.29, 0.717) is 25.3 Å². The number of hydrogen-bond donors (Lipinski definition) is 2. The largest absolute Gasteiger partial charge is 0.481 e. The number of halogens is 1. The number of rotatable bonds is 10. The van der Waals surface area contributed by atoms with E-state index in [2.05, 4.69) is 12.2 Å². The molecule has 0 bridgehead atoms. The summed E-state index contributed by atoms with van der Waals surface area (Å²) in [5.41, 5.74) is 1.49. The number of benzene rings is 1. The van der Waals surface area contributed by atoms with Gasteiger partial charge in [-0.3, -0.25) is 4.79 Å². The smallest absolute Gasteiger partial charge is 0.305 e. The first-order valence-corrected chi connectivity index (χ1v) is 7.54. The van der Waals surface area contributed by atoms with E-state index in [4.69, 9.17) is 5.11 Å². The summed E-state index contributed by atoms with van der Waals surface area (Å²) >= 11 is 0. The molecule has 0 atom stereocenters. The quantitative estimate of drug-likeness (QED) is 0.652. The minimum absolute atomic E-state index is 0.00621. The molecule has 0 spiro atoms. The number of anilines is 1. The lowest BCUT2D eigenvalue weighted by molar-refractivity contribution is -0.136. The third-order valence-electron chi connectivity index (χ3n) is 3.36. The third-order valence-corrected chi connectivity index (χ3v) is 3.36. The standard InChI is InChI=1S/C16H25FN2O2/c1-3-5-9-18-12-13-6-7-14(17)15(11-13)19(4-2)10-8-16(20)21/h6-7,11,18H,3-5,8-10,12H2,1-2H3,(H,20,21). The highest BCUT2D eigenvalue weighted by Crippen LogP contribution is 2.21. The fraction of sp³-hybridized carbons (Fsp3) is 0.562. The molecule has 0 aliphatic rings. The molecule has 0 aliphatic carbocycles. The zero-order chi connectivity index (χ0) is 15.7. The van der Waals surface area contributed by atoms with Gasteiger partial charge in [-0.15, -0.1) is 0 Å². The van der Waals surface area contributed by atoms with Crippen LogP contribution in [-0.2, 0) is 11.3 Å². The van der Waals surface area contributed by atoms with Gasteiger partial charge in [0.2, 0.25) is 0 Å². The predicted octanol–water partition coefficient (Wildman–Crippen LogP) is 3.02. The second kappa shape index (κ2) is 9.34. The van der Waals surface area contributed by atoms with Gasteiger partial charge in [-0.05, 0) is 37.6 Å². The topological polar surface area (TPSA) is 52.6 Å². The second-order valence-electron chi connectivity index (χ2n) is 5.04. The fourth-order valence-electron chi connectivity index (χ4n) is 2.12. The van der Waals surface area contributed by atoms with Crippen molar-refractivity contribution < 1.29 is 14.3 Å². The summed E-state index contributed by atoms with van der Waals surface area (Å²) in [7, 11) is 0. The van der Waals surface area contributed by atoms with Crippen molar-refractivity contribution in [3.8, 4) is 0 Å². The zero-order valence-electron chi connectivity index (χ0n) is 12.9. The van der Waals surface area contributed by atoms with Crippen LogP contribution >= 0.6 is 0 Å². The van der Waals surface area contributed by atoms with Crippen molar-refractivity contribution in [3.05, 3.63) is 29.6 Å². The van der Waals surface area contributed by atoms with Crippen molar-refractivity contribution in [2.24, 2.45) is 0 Å². The van der Waals surface area contributed by atoms with E-state index in [1.54, 1.807) is 17.0 Å². The Balaban J connectivity index is 2.72. The number of unbranched alkanes of at least 4 members (excludes halogenated alkanes) is 1. The number of carbonyl (C=O) groups is 1. The van der Waals surface area contributed by atoms with E-state index in [9.17, 15) is 9.18 Å². The van der Waals surface area contributed by atoms with E-state index in [1.165, 1.54) is 6.07 Å². The molecule has 118 valence electrons. The van der Waals surface area contributed by atoms with Gasteiger partial charge in [0.05, 0.1) is 12.1 Å². The highest BCUT2D eigenvalue weighted by Gasteiger charge is 2.12. The molecule has 4 nitrogen and oxygen atoms in total. The summed E-state index contributed by atoms with van der Waals surface area (Å²) in [5, 5.41) is 12.1. The Hall–Kier alpha value is -1.62. The normalized spacial score (nSPS) is 10.6. The Morgan fingerprint density at radius 2 is 2.14 bits per heavy atom. The summed E-state index contributed by atoms with van der Waals surface area (Å²) in [6, 6.07) is 5.03. The van der Waals surface area contributed by atoms with Crippen LogP contribution < -0.4 is 10.2 Å². The molecule has 1 aromatic carbocycles. The number of nitrogens with one attached hydrogen (secondary N) is 1. The van der Waals surface area contributed by atoms with E-state index >= 15 is 0 Å². The minimum atomic E-state index is -0.869. The highest BCUT2D eigenvalue weighted by molar-refractivity contribution is 5.67. The molecule has 1 aromatic rings. The summed E-state index contributed by atoms with van der Waals surface area (Å²) in [4.78, 5) is 12.4. The molecule has 5 heteroatoms. The van der Waals surface area contributed by atoms with Crippen molar-refractivity contribution in [3.63, 3.8) is 0 Å². The summed E-state index contributed by atoms with van der Waals surface area (Å²) < 4.78 is 14.0. The van der Waals surface area contributed by atoms with Crippen LogP contribution in [0.15, 0.2) is 18.2 Å². The summed E-state index contributed by atoms with van der Waals surface area (Å²) in [6.45, 7) is 6.57. The lowest BCUT2D eigenvalue weighted by atomic mass is 10.1. The van der Waals surface area contributed by atoms with Crippen LogP contribution in [0.4, 0.5) is 10.1 Å². The van der Waals surface area contributed by atoms with Crippen LogP contribution in [0.3, 0.4) is 0 Å². The summed E-state index contributed by atoms with van der Waals surface area (Å²) in [6.07, 6.45) is 2.26. The van der Waals surface area contributed by atoms with Crippen molar-refractivity contribution in [1.82, 2.24) is 5.32 Å². The van der Waals surface area contributed by atoms with Crippen molar-refractivity contribution in [2.45, 2.75) is 39.7 Å². The summed E-state index contributed by atoms with van der Waals surface area (Å²) in [5.74, 6) is -1.18. The fourth-order valence-corrected chi connectivity index (χ4v) is 2.12. The van der Waals surface area contributed by atoms with Gasteiger partial charge < -0.3 is 15.3 Å². The number of nitrogens with zero attached hydrogens (tertiary/aromatic N) is 1. The van der Waals surface area contributed by atoms with Gasteiger partial charge in [0.25, 0.3) is 0 Å². The monoisotopic (exact) mass is 296 g/mol. The molecule has 0 heterocycles. The molecule has 1 rings (SSSR count). The first-order chi connectivity index (χ1) is 10.1. The van der Waals surface area contributed by atoms with Gasteiger partial charge in [-0.25, -0.2) is 4.39 Å². The zero-order valence-corrected chi connectivity index (χ0v) is 12.9. The molecule has 0 saturated carbocycles.